The Morgan fingerprint density at radius 1 is 1.00 bits per heavy atom. The van der Waals surface area contributed by atoms with E-state index >= 15 is 0 Å². The summed E-state index contributed by atoms with van der Waals surface area (Å²) in [6.07, 6.45) is 7.78. The van der Waals surface area contributed by atoms with Crippen LogP contribution in [0.4, 0.5) is 5.95 Å². The monoisotopic (exact) mass is 285 g/mol. The molecule has 1 saturated heterocycles. The van der Waals surface area contributed by atoms with Gasteiger partial charge in [-0.3, -0.25) is 0 Å². The molecule has 1 aromatic carbocycles. The summed E-state index contributed by atoms with van der Waals surface area (Å²) in [6.45, 7) is 2.16. The van der Waals surface area contributed by atoms with Crippen LogP contribution in [-0.4, -0.2) is 29.3 Å². The second-order valence-corrected chi connectivity index (χ2v) is 5.90. The number of hydrogen-bond acceptors (Lipinski definition) is 4. The highest BCUT2D eigenvalue weighted by molar-refractivity contribution is 7.98. The molecule has 0 saturated carbocycles. The van der Waals surface area contributed by atoms with E-state index in [-0.39, 0.29) is 0 Å². The van der Waals surface area contributed by atoms with Gasteiger partial charge in [-0.25, -0.2) is 9.97 Å². The molecular formula is C16H19N3S. The van der Waals surface area contributed by atoms with Crippen LogP contribution in [0.5, 0.6) is 0 Å². The fourth-order valence-electron chi connectivity index (χ4n) is 2.52. The molecule has 1 aromatic heterocycles. The summed E-state index contributed by atoms with van der Waals surface area (Å²) in [5.74, 6) is 0.871. The first-order valence-electron chi connectivity index (χ1n) is 7.09. The van der Waals surface area contributed by atoms with Gasteiger partial charge < -0.3 is 4.90 Å². The van der Waals surface area contributed by atoms with Gasteiger partial charge >= 0.3 is 0 Å². The first-order valence-corrected chi connectivity index (χ1v) is 8.32. The molecule has 2 heterocycles. The molecule has 1 aliphatic heterocycles. The standard InChI is InChI=1S/C16H19N3S/c1-20-14-7-5-13(6-8-14)15-9-10-17-16(18-15)19-11-3-2-4-12-19/h5-10H,2-4,11-12H2,1H3. The molecule has 0 amide bonds. The van der Waals surface area contributed by atoms with Crippen molar-refractivity contribution in [2.75, 3.05) is 24.2 Å². The smallest absolute Gasteiger partial charge is 0.225 e. The van der Waals surface area contributed by atoms with Gasteiger partial charge in [0, 0.05) is 29.7 Å². The molecule has 1 fully saturated rings. The van der Waals surface area contributed by atoms with Crippen molar-refractivity contribution in [3.05, 3.63) is 36.5 Å². The number of hydrogen-bond donors (Lipinski definition) is 0. The SMILES string of the molecule is CSc1ccc(-c2ccnc(N3CCCCC3)n2)cc1. The minimum atomic E-state index is 0.871. The van der Waals surface area contributed by atoms with Crippen LogP contribution < -0.4 is 4.90 Å². The molecule has 1 aliphatic rings. The lowest BCUT2D eigenvalue weighted by atomic mass is 10.1. The highest BCUT2D eigenvalue weighted by Gasteiger charge is 2.13. The zero-order valence-electron chi connectivity index (χ0n) is 11.7. The number of aromatic nitrogens is 2. The van der Waals surface area contributed by atoms with Crippen molar-refractivity contribution in [1.82, 2.24) is 9.97 Å². The van der Waals surface area contributed by atoms with E-state index in [4.69, 9.17) is 4.98 Å². The van der Waals surface area contributed by atoms with Crippen molar-refractivity contribution in [1.29, 1.82) is 0 Å². The second-order valence-electron chi connectivity index (χ2n) is 5.02. The summed E-state index contributed by atoms with van der Waals surface area (Å²) >= 11 is 1.76. The van der Waals surface area contributed by atoms with Crippen molar-refractivity contribution < 1.29 is 0 Å². The van der Waals surface area contributed by atoms with Crippen LogP contribution in [0, 0.1) is 0 Å². The third-order valence-electron chi connectivity index (χ3n) is 3.67. The topological polar surface area (TPSA) is 29.0 Å². The molecule has 0 bridgehead atoms. The Morgan fingerprint density at radius 3 is 2.45 bits per heavy atom. The van der Waals surface area contributed by atoms with Gasteiger partial charge in [-0.15, -0.1) is 11.8 Å². The van der Waals surface area contributed by atoms with Crippen molar-refractivity contribution >= 4 is 17.7 Å². The number of anilines is 1. The molecule has 2 aromatic rings. The van der Waals surface area contributed by atoms with Gasteiger partial charge in [-0.05, 0) is 43.7 Å². The summed E-state index contributed by atoms with van der Waals surface area (Å²) in [5.41, 5.74) is 2.16. The average Bonchev–Trinajstić information content (AvgIpc) is 2.56. The molecule has 0 spiro atoms. The molecule has 4 heteroatoms. The van der Waals surface area contributed by atoms with Crippen LogP contribution in [0.3, 0.4) is 0 Å². The minimum Gasteiger partial charge on any atom is -0.341 e. The van der Waals surface area contributed by atoms with Gasteiger partial charge in [-0.1, -0.05) is 12.1 Å². The Bertz CT molecular complexity index is 562. The van der Waals surface area contributed by atoms with E-state index in [0.29, 0.717) is 0 Å². The Kier molecular flexibility index (Phi) is 4.21. The van der Waals surface area contributed by atoms with E-state index in [9.17, 15) is 0 Å². The molecule has 0 N–H and O–H groups in total. The maximum atomic E-state index is 4.73. The lowest BCUT2D eigenvalue weighted by Crippen LogP contribution is -2.30. The van der Waals surface area contributed by atoms with E-state index in [1.54, 1.807) is 11.8 Å². The quantitative estimate of drug-likeness (QED) is 0.801. The maximum absolute atomic E-state index is 4.73. The molecule has 20 heavy (non-hydrogen) atoms. The second kappa shape index (κ2) is 6.27. The largest absolute Gasteiger partial charge is 0.341 e. The highest BCUT2D eigenvalue weighted by Crippen LogP contribution is 2.23. The van der Waals surface area contributed by atoms with Crippen molar-refractivity contribution in [3.8, 4) is 11.3 Å². The van der Waals surface area contributed by atoms with E-state index in [1.165, 1.54) is 24.2 Å². The van der Waals surface area contributed by atoms with E-state index in [0.717, 1.165) is 30.3 Å². The number of rotatable bonds is 3. The number of thioether (sulfide) groups is 1. The summed E-state index contributed by atoms with van der Waals surface area (Å²) in [7, 11) is 0. The van der Waals surface area contributed by atoms with Crippen molar-refractivity contribution in [2.45, 2.75) is 24.2 Å². The molecule has 3 rings (SSSR count). The van der Waals surface area contributed by atoms with Gasteiger partial charge in [0.25, 0.3) is 0 Å². The molecule has 0 unspecified atom stereocenters. The lowest BCUT2D eigenvalue weighted by Gasteiger charge is -2.26. The molecule has 0 atom stereocenters. The fraction of sp³-hybridized carbons (Fsp3) is 0.375. The van der Waals surface area contributed by atoms with Crippen molar-refractivity contribution in [3.63, 3.8) is 0 Å². The van der Waals surface area contributed by atoms with Gasteiger partial charge in [0.2, 0.25) is 5.95 Å². The lowest BCUT2D eigenvalue weighted by molar-refractivity contribution is 0.568. The van der Waals surface area contributed by atoms with Crippen molar-refractivity contribution in [2.24, 2.45) is 0 Å². The number of benzene rings is 1. The average molecular weight is 285 g/mol. The molecule has 104 valence electrons. The third-order valence-corrected chi connectivity index (χ3v) is 4.41. The summed E-state index contributed by atoms with van der Waals surface area (Å²) < 4.78 is 0. The Morgan fingerprint density at radius 2 is 1.75 bits per heavy atom. The zero-order valence-corrected chi connectivity index (χ0v) is 12.6. The van der Waals surface area contributed by atoms with Gasteiger partial charge in [0.05, 0.1) is 5.69 Å². The number of nitrogens with zero attached hydrogens (tertiary/aromatic N) is 3. The maximum Gasteiger partial charge on any atom is 0.225 e. The number of piperidine rings is 1. The zero-order chi connectivity index (χ0) is 13.8. The van der Waals surface area contributed by atoms with E-state index in [1.807, 2.05) is 12.3 Å². The predicted octanol–water partition coefficient (Wildman–Crippen LogP) is 3.86. The summed E-state index contributed by atoms with van der Waals surface area (Å²) in [6, 6.07) is 10.5. The van der Waals surface area contributed by atoms with E-state index in [2.05, 4.69) is 40.4 Å². The summed E-state index contributed by atoms with van der Waals surface area (Å²) in [4.78, 5) is 12.7. The van der Waals surface area contributed by atoms with Crippen LogP contribution in [0.25, 0.3) is 11.3 Å². The van der Waals surface area contributed by atoms with Crippen LogP contribution in [-0.2, 0) is 0 Å². The van der Waals surface area contributed by atoms with Crippen LogP contribution in [0.2, 0.25) is 0 Å². The summed E-state index contributed by atoms with van der Waals surface area (Å²) in [5, 5.41) is 0. The molecular weight excluding hydrogens is 266 g/mol. The van der Waals surface area contributed by atoms with Gasteiger partial charge in [0.15, 0.2) is 0 Å². The highest BCUT2D eigenvalue weighted by atomic mass is 32.2. The van der Waals surface area contributed by atoms with Crippen LogP contribution in [0.1, 0.15) is 19.3 Å². The third kappa shape index (κ3) is 2.96. The first kappa shape index (κ1) is 13.4. The first-order chi connectivity index (χ1) is 9.86. The van der Waals surface area contributed by atoms with Gasteiger partial charge in [-0.2, -0.15) is 0 Å². The minimum absolute atomic E-state index is 0.871. The van der Waals surface area contributed by atoms with Crippen LogP contribution in [0.15, 0.2) is 41.4 Å². The van der Waals surface area contributed by atoms with Crippen LogP contribution >= 0.6 is 11.8 Å². The predicted molar refractivity (Wildman–Crippen MR) is 85.3 cm³/mol. The normalized spacial score (nSPS) is 15.3. The molecule has 0 radical (unpaired) electrons. The van der Waals surface area contributed by atoms with Gasteiger partial charge in [0.1, 0.15) is 0 Å². The Labute approximate surface area is 124 Å². The molecule has 3 nitrogen and oxygen atoms in total. The fourth-order valence-corrected chi connectivity index (χ4v) is 2.93. The van der Waals surface area contributed by atoms with E-state index < -0.39 is 0 Å². The Hall–Kier alpha value is -1.55. The molecule has 0 aliphatic carbocycles. The Balaban J connectivity index is 1.85.